The molecule has 6 rings (SSSR count). The Labute approximate surface area is 344 Å². The van der Waals surface area contributed by atoms with Crippen molar-refractivity contribution in [3.05, 3.63) is 107 Å². The molecular formula is C45H52N8O6. The highest BCUT2D eigenvalue weighted by atomic mass is 16.5. The Morgan fingerprint density at radius 2 is 1.17 bits per heavy atom. The molecule has 0 aliphatic carbocycles. The van der Waals surface area contributed by atoms with Gasteiger partial charge in [-0.05, 0) is 61.1 Å². The van der Waals surface area contributed by atoms with E-state index in [0.717, 1.165) is 50.6 Å². The summed E-state index contributed by atoms with van der Waals surface area (Å²) >= 11 is 0. The minimum Gasteiger partial charge on any atom is -0.453 e. The van der Waals surface area contributed by atoms with Crippen molar-refractivity contribution in [1.82, 2.24) is 40.4 Å². The third kappa shape index (κ3) is 9.99. The maximum Gasteiger partial charge on any atom is 0.407 e. The lowest BCUT2D eigenvalue weighted by Crippen LogP contribution is -2.51. The summed E-state index contributed by atoms with van der Waals surface area (Å²) in [5.74, 6) is 7.34. The van der Waals surface area contributed by atoms with Crippen LogP contribution in [0.2, 0.25) is 0 Å². The lowest BCUT2D eigenvalue weighted by atomic mass is 9.99. The van der Waals surface area contributed by atoms with Crippen molar-refractivity contribution < 1.29 is 28.7 Å². The van der Waals surface area contributed by atoms with E-state index < -0.39 is 30.3 Å². The van der Waals surface area contributed by atoms with Crippen molar-refractivity contribution in [1.29, 1.82) is 0 Å². The van der Waals surface area contributed by atoms with Crippen LogP contribution in [-0.2, 0) is 19.1 Å². The molecule has 0 spiro atoms. The van der Waals surface area contributed by atoms with E-state index in [1.54, 1.807) is 17.3 Å². The van der Waals surface area contributed by atoms with Gasteiger partial charge in [0.2, 0.25) is 5.91 Å². The molecule has 4 N–H and O–H groups in total. The molecule has 0 bridgehead atoms. The second kappa shape index (κ2) is 18.4. The molecule has 2 aromatic carbocycles. The van der Waals surface area contributed by atoms with Gasteiger partial charge < -0.3 is 35.0 Å². The summed E-state index contributed by atoms with van der Waals surface area (Å²) in [6.45, 7) is 12.8. The fourth-order valence-electron chi connectivity index (χ4n) is 7.33. The van der Waals surface area contributed by atoms with E-state index in [0.29, 0.717) is 18.9 Å². The first kappa shape index (κ1) is 42.2. The molecule has 2 aliphatic heterocycles. The van der Waals surface area contributed by atoms with Crippen LogP contribution in [-0.4, -0.2) is 99.6 Å². The van der Waals surface area contributed by atoms with Crippen LogP contribution < -0.4 is 10.6 Å². The first-order chi connectivity index (χ1) is 28.2. The number of carbonyl (C=O) groups excluding carboxylic acids is 4. The minimum absolute atomic E-state index is 0.0895. The predicted octanol–water partition coefficient (Wildman–Crippen LogP) is 6.33. The smallest absolute Gasteiger partial charge is 0.407 e. The van der Waals surface area contributed by atoms with E-state index in [1.807, 2.05) is 96.1 Å². The first-order valence-corrected chi connectivity index (χ1v) is 19.7. The topological polar surface area (TPSA) is 175 Å². The maximum absolute atomic E-state index is 13.6. The molecule has 2 aliphatic rings. The van der Waals surface area contributed by atoms with Crippen LogP contribution in [0.3, 0.4) is 0 Å². The average molecular weight is 801 g/mol. The monoisotopic (exact) mass is 800 g/mol. The van der Waals surface area contributed by atoms with Gasteiger partial charge in [0.1, 0.15) is 23.7 Å². The number of methoxy groups -OCH3 is 2. The molecule has 0 saturated heterocycles. The number of benzene rings is 2. The second-order valence-electron chi connectivity index (χ2n) is 15.7. The van der Waals surface area contributed by atoms with Crippen molar-refractivity contribution in [3.63, 3.8) is 0 Å². The molecule has 4 atom stereocenters. The molecule has 0 fully saturated rings. The van der Waals surface area contributed by atoms with E-state index in [-0.39, 0.29) is 36.1 Å². The SMILES string of the molecule is COC(=O)NC(C(=O)CN1CC(C)=CC1c1ncc(-c2ccc(C#Cc3ccc(-c4cnc(C5C=C(C)CN5C(=O)C(NC(=O)OC)C(C)C)[nH]4)cc3)cc2)[nH]1)C(C)C. The van der Waals surface area contributed by atoms with Gasteiger partial charge in [0.15, 0.2) is 5.78 Å². The highest BCUT2D eigenvalue weighted by Gasteiger charge is 2.37. The van der Waals surface area contributed by atoms with Crippen molar-refractivity contribution in [2.24, 2.45) is 11.8 Å². The number of aromatic amines is 2. The lowest BCUT2D eigenvalue weighted by molar-refractivity contribution is -0.135. The number of hydrogen-bond donors (Lipinski definition) is 4. The van der Waals surface area contributed by atoms with Crippen LogP contribution in [0.4, 0.5) is 9.59 Å². The summed E-state index contributed by atoms with van der Waals surface area (Å²) in [4.78, 5) is 70.7. The number of amides is 3. The molecule has 14 nitrogen and oxygen atoms in total. The molecule has 0 radical (unpaired) electrons. The molecule has 3 amide bonds. The summed E-state index contributed by atoms with van der Waals surface area (Å²) in [5, 5.41) is 5.35. The molecular weight excluding hydrogens is 749 g/mol. The molecule has 308 valence electrons. The van der Waals surface area contributed by atoms with Gasteiger partial charge in [-0.25, -0.2) is 19.6 Å². The fourth-order valence-corrected chi connectivity index (χ4v) is 7.33. The average Bonchev–Trinajstić information content (AvgIpc) is 4.05. The van der Waals surface area contributed by atoms with E-state index >= 15 is 0 Å². The van der Waals surface area contributed by atoms with Crippen molar-refractivity contribution in [2.75, 3.05) is 33.9 Å². The van der Waals surface area contributed by atoms with E-state index in [1.165, 1.54) is 14.2 Å². The van der Waals surface area contributed by atoms with E-state index in [4.69, 9.17) is 9.47 Å². The third-order valence-corrected chi connectivity index (χ3v) is 10.5. The highest BCUT2D eigenvalue weighted by molar-refractivity contribution is 5.89. The number of nitrogens with one attached hydrogen (secondary N) is 4. The molecule has 4 aromatic rings. The zero-order valence-corrected chi connectivity index (χ0v) is 34.8. The minimum atomic E-state index is -0.736. The second-order valence-corrected chi connectivity index (χ2v) is 15.7. The fraction of sp³-hybridized carbons (Fsp3) is 0.378. The largest absolute Gasteiger partial charge is 0.453 e. The normalized spacial score (nSPS) is 17.5. The third-order valence-electron chi connectivity index (χ3n) is 10.5. The van der Waals surface area contributed by atoms with Crippen LogP contribution in [0.1, 0.15) is 76.4 Å². The number of alkyl carbamates (subject to hydrolysis) is 2. The van der Waals surface area contributed by atoms with Crippen molar-refractivity contribution in [3.8, 4) is 34.4 Å². The Balaban J connectivity index is 1.08. The number of rotatable bonds is 12. The van der Waals surface area contributed by atoms with Crippen LogP contribution in [0.5, 0.6) is 0 Å². The Morgan fingerprint density at radius 1 is 0.712 bits per heavy atom. The van der Waals surface area contributed by atoms with Gasteiger partial charge in [-0.2, -0.15) is 0 Å². The van der Waals surface area contributed by atoms with Crippen molar-refractivity contribution >= 4 is 23.9 Å². The Bertz CT molecular complexity index is 2290. The predicted molar refractivity (Wildman–Crippen MR) is 224 cm³/mol. The number of ether oxygens (including phenoxy) is 2. The number of imidazole rings is 2. The number of carbonyl (C=O) groups is 4. The summed E-state index contributed by atoms with van der Waals surface area (Å²) in [7, 11) is 2.56. The van der Waals surface area contributed by atoms with Gasteiger partial charge in [-0.3, -0.25) is 14.5 Å². The van der Waals surface area contributed by atoms with Crippen LogP contribution >= 0.6 is 0 Å². The number of hydrogen-bond acceptors (Lipinski definition) is 9. The van der Waals surface area contributed by atoms with Gasteiger partial charge in [-0.15, -0.1) is 0 Å². The quantitative estimate of drug-likeness (QED) is 0.0943. The van der Waals surface area contributed by atoms with Gasteiger partial charge in [0.25, 0.3) is 0 Å². The van der Waals surface area contributed by atoms with Gasteiger partial charge in [-0.1, -0.05) is 87.1 Å². The summed E-state index contributed by atoms with van der Waals surface area (Å²) in [5.41, 5.74) is 7.42. The number of aromatic nitrogens is 4. The zero-order chi connectivity index (χ0) is 42.4. The van der Waals surface area contributed by atoms with Gasteiger partial charge >= 0.3 is 12.2 Å². The number of nitrogens with zero attached hydrogens (tertiary/aromatic N) is 4. The van der Waals surface area contributed by atoms with Gasteiger partial charge in [0.05, 0.1) is 56.6 Å². The van der Waals surface area contributed by atoms with E-state index in [2.05, 4.69) is 53.4 Å². The molecule has 4 heterocycles. The number of ketones is 1. The number of Topliss-reactive ketones (excluding diaryl/α,β-unsaturated/α-hetero) is 1. The highest BCUT2D eigenvalue weighted by Crippen LogP contribution is 2.32. The number of H-pyrrole nitrogens is 2. The van der Waals surface area contributed by atoms with Crippen LogP contribution in [0.15, 0.2) is 84.2 Å². The molecule has 14 heteroatoms. The lowest BCUT2D eigenvalue weighted by Gasteiger charge is -2.30. The zero-order valence-electron chi connectivity index (χ0n) is 34.8. The summed E-state index contributed by atoms with van der Waals surface area (Å²) in [6.07, 6.45) is 6.40. The Kier molecular flexibility index (Phi) is 13.2. The summed E-state index contributed by atoms with van der Waals surface area (Å²) < 4.78 is 9.49. The standard InChI is InChI=1S/C45H52N8O6/c1-26(2)39(50-44(56)58-7)38(54)25-52-23-28(5)19-36(52)41-46-21-34(48-41)32-15-11-30(12-16-32)9-10-31-13-17-33(18-14-31)35-22-47-42(49-35)37-20-29(6)24-53(37)43(55)40(27(3)4)51-45(57)59-8/h11-22,26-27,36-37,39-40H,23-25H2,1-8H3,(H,46,48)(H,47,49)(H,50,56)(H,51,57). The van der Waals surface area contributed by atoms with Crippen LogP contribution in [0.25, 0.3) is 22.5 Å². The molecule has 2 aromatic heterocycles. The van der Waals surface area contributed by atoms with Crippen molar-refractivity contribution in [2.45, 2.75) is 65.7 Å². The molecule has 4 unspecified atom stereocenters. The van der Waals surface area contributed by atoms with Gasteiger partial charge in [0, 0.05) is 24.2 Å². The Morgan fingerprint density at radius 3 is 1.66 bits per heavy atom. The molecule has 59 heavy (non-hydrogen) atoms. The maximum atomic E-state index is 13.6. The Hall–Kier alpha value is -6.46. The first-order valence-electron chi connectivity index (χ1n) is 19.7. The summed E-state index contributed by atoms with van der Waals surface area (Å²) in [6, 6.07) is 13.8. The molecule has 0 saturated carbocycles. The van der Waals surface area contributed by atoms with Crippen LogP contribution in [0, 0.1) is 23.7 Å². The van der Waals surface area contributed by atoms with E-state index in [9.17, 15) is 19.2 Å².